The van der Waals surface area contributed by atoms with Crippen molar-refractivity contribution in [3.63, 3.8) is 0 Å². The lowest BCUT2D eigenvalue weighted by atomic mass is 9.96. The Hall–Kier alpha value is 0.570. The lowest BCUT2D eigenvalue weighted by molar-refractivity contribution is 0.405. The maximum atomic E-state index is 5.79. The average Bonchev–Trinajstić information content (AvgIpc) is 2.30. The van der Waals surface area contributed by atoms with E-state index in [1.54, 1.807) is 0 Å². The van der Waals surface area contributed by atoms with Gasteiger partial charge in [0.15, 0.2) is 0 Å². The van der Waals surface area contributed by atoms with Gasteiger partial charge in [-0.15, -0.1) is 0 Å². The first kappa shape index (κ1) is 14.0. The molecule has 2 fully saturated rings. The van der Waals surface area contributed by atoms with Gasteiger partial charge in [0, 0.05) is 12.1 Å². The second-order valence-corrected chi connectivity index (χ2v) is 10.4. The summed E-state index contributed by atoms with van der Waals surface area (Å²) in [7, 11) is 0. The fourth-order valence-electron chi connectivity index (χ4n) is 3.20. The van der Waals surface area contributed by atoms with Gasteiger partial charge in [-0.05, 0) is 32.3 Å². The third-order valence-electron chi connectivity index (χ3n) is 4.07. The highest BCUT2D eigenvalue weighted by molar-refractivity contribution is 8.12. The Morgan fingerprint density at radius 1 is 0.765 bits per heavy atom. The Kier molecular flexibility index (Phi) is 5.48. The van der Waals surface area contributed by atoms with Gasteiger partial charge in [-0.25, -0.2) is 0 Å². The summed E-state index contributed by atoms with van der Waals surface area (Å²) < 4.78 is 0. The Morgan fingerprint density at radius 3 is 1.47 bits per heavy atom. The van der Waals surface area contributed by atoms with Crippen LogP contribution in [0.1, 0.15) is 64.2 Å². The van der Waals surface area contributed by atoms with Crippen LogP contribution in [-0.2, 0) is 11.8 Å². The van der Waals surface area contributed by atoms with Crippen molar-refractivity contribution < 1.29 is 0 Å². The first-order valence-electron chi connectivity index (χ1n) is 7.29. The van der Waals surface area contributed by atoms with Crippen LogP contribution in [0.25, 0.3) is 0 Å². The van der Waals surface area contributed by atoms with Crippen LogP contribution in [0, 0.1) is 0 Å². The molecule has 2 rings (SSSR count). The van der Waals surface area contributed by atoms with E-state index in [2.05, 4.69) is 16.8 Å². The Bertz CT molecular complexity index is 247. The Morgan fingerprint density at radius 2 is 1.12 bits per heavy atom. The number of nitrogens with one attached hydrogen (secondary N) is 2. The molecule has 2 aliphatic carbocycles. The van der Waals surface area contributed by atoms with Gasteiger partial charge in [0.2, 0.25) is 0 Å². The molecular formula is C13H27N2PS. The minimum atomic E-state index is -1.50. The second kappa shape index (κ2) is 6.65. The molecule has 4 heteroatoms. The first-order chi connectivity index (χ1) is 8.16. The highest BCUT2D eigenvalue weighted by Crippen LogP contribution is 2.37. The van der Waals surface area contributed by atoms with Crippen molar-refractivity contribution in [2.75, 3.05) is 6.66 Å². The van der Waals surface area contributed by atoms with Crippen molar-refractivity contribution in [1.82, 2.24) is 10.2 Å². The molecule has 0 radical (unpaired) electrons. The molecule has 0 aromatic heterocycles. The van der Waals surface area contributed by atoms with Crippen LogP contribution in [0.3, 0.4) is 0 Å². The Labute approximate surface area is 111 Å². The van der Waals surface area contributed by atoms with Gasteiger partial charge in [-0.2, -0.15) is 0 Å². The van der Waals surface area contributed by atoms with Gasteiger partial charge in [0.1, 0.15) is 0 Å². The van der Waals surface area contributed by atoms with E-state index >= 15 is 0 Å². The molecule has 100 valence electrons. The van der Waals surface area contributed by atoms with Crippen LogP contribution in [-0.4, -0.2) is 18.7 Å². The van der Waals surface area contributed by atoms with E-state index in [0.717, 1.165) is 0 Å². The molecule has 0 saturated heterocycles. The van der Waals surface area contributed by atoms with Crippen molar-refractivity contribution in [1.29, 1.82) is 0 Å². The molecule has 2 aliphatic rings. The van der Waals surface area contributed by atoms with E-state index in [1.807, 2.05) is 0 Å². The van der Waals surface area contributed by atoms with Crippen LogP contribution in [0.5, 0.6) is 0 Å². The topological polar surface area (TPSA) is 24.1 Å². The summed E-state index contributed by atoms with van der Waals surface area (Å²) >= 11 is 5.79. The molecule has 0 aromatic carbocycles. The molecule has 17 heavy (non-hydrogen) atoms. The fraction of sp³-hybridized carbons (Fsp3) is 1.00. The van der Waals surface area contributed by atoms with Crippen LogP contribution in [0.15, 0.2) is 0 Å². The lowest BCUT2D eigenvalue weighted by Crippen LogP contribution is -2.37. The van der Waals surface area contributed by atoms with Crippen LogP contribution < -0.4 is 10.2 Å². The quantitative estimate of drug-likeness (QED) is 0.763. The summed E-state index contributed by atoms with van der Waals surface area (Å²) in [6.45, 7) is 2.24. The van der Waals surface area contributed by atoms with Gasteiger partial charge in [-0.1, -0.05) is 50.3 Å². The van der Waals surface area contributed by atoms with Gasteiger partial charge in [-0.3, -0.25) is 10.2 Å². The number of rotatable bonds is 4. The van der Waals surface area contributed by atoms with Gasteiger partial charge >= 0.3 is 0 Å². The molecular weight excluding hydrogens is 247 g/mol. The molecule has 0 bridgehead atoms. The zero-order chi connectivity index (χ0) is 12.1. The molecule has 0 aliphatic heterocycles. The summed E-state index contributed by atoms with van der Waals surface area (Å²) in [6, 6.07) is 1.38. The second-order valence-electron chi connectivity index (χ2n) is 5.85. The smallest absolute Gasteiger partial charge is 0.0698 e. The van der Waals surface area contributed by atoms with E-state index < -0.39 is 6.34 Å². The molecule has 2 nitrogen and oxygen atoms in total. The van der Waals surface area contributed by atoms with Crippen molar-refractivity contribution in [2.24, 2.45) is 0 Å². The monoisotopic (exact) mass is 274 g/mol. The highest BCUT2D eigenvalue weighted by Gasteiger charge is 2.22. The van der Waals surface area contributed by atoms with E-state index in [0.29, 0.717) is 12.1 Å². The molecule has 0 unspecified atom stereocenters. The van der Waals surface area contributed by atoms with Crippen molar-refractivity contribution in [2.45, 2.75) is 76.3 Å². The zero-order valence-corrected chi connectivity index (χ0v) is 12.8. The van der Waals surface area contributed by atoms with Gasteiger partial charge in [0.25, 0.3) is 0 Å². The lowest BCUT2D eigenvalue weighted by Gasteiger charge is -2.33. The Balaban J connectivity index is 1.78. The summed E-state index contributed by atoms with van der Waals surface area (Å²) in [6.07, 6.45) is 12.2. The number of hydrogen-bond donors (Lipinski definition) is 2. The summed E-state index contributed by atoms with van der Waals surface area (Å²) in [5, 5.41) is 7.51. The van der Waals surface area contributed by atoms with Crippen LogP contribution >= 0.6 is 6.34 Å². The predicted molar refractivity (Wildman–Crippen MR) is 80.2 cm³/mol. The molecule has 0 aromatic rings. The normalized spacial score (nSPS) is 25.0. The third-order valence-corrected chi connectivity index (χ3v) is 6.42. The molecule has 0 spiro atoms. The maximum Gasteiger partial charge on any atom is 0.0698 e. The van der Waals surface area contributed by atoms with Crippen molar-refractivity contribution in [3.05, 3.63) is 0 Å². The van der Waals surface area contributed by atoms with E-state index in [9.17, 15) is 0 Å². The molecule has 2 N–H and O–H groups in total. The van der Waals surface area contributed by atoms with Crippen LogP contribution in [0.2, 0.25) is 0 Å². The average molecular weight is 274 g/mol. The maximum absolute atomic E-state index is 5.79. The van der Waals surface area contributed by atoms with Gasteiger partial charge < -0.3 is 0 Å². The summed E-state index contributed by atoms with van der Waals surface area (Å²) in [4.78, 5) is 0. The van der Waals surface area contributed by atoms with Crippen molar-refractivity contribution >= 4 is 18.1 Å². The first-order valence-corrected chi connectivity index (χ1v) is 10.5. The minimum Gasteiger partial charge on any atom is -0.275 e. The number of hydrogen-bond acceptors (Lipinski definition) is 1. The molecule has 2 saturated carbocycles. The fourth-order valence-corrected chi connectivity index (χ4v) is 6.08. The molecule has 0 heterocycles. The predicted octanol–water partition coefficient (Wildman–Crippen LogP) is 3.77. The molecule has 0 amide bonds. The summed E-state index contributed by atoms with van der Waals surface area (Å²) in [5.41, 5.74) is 0. The zero-order valence-electron chi connectivity index (χ0n) is 11.1. The van der Waals surface area contributed by atoms with E-state index in [1.165, 1.54) is 64.2 Å². The highest BCUT2D eigenvalue weighted by atomic mass is 32.4. The van der Waals surface area contributed by atoms with E-state index in [4.69, 9.17) is 11.8 Å². The van der Waals surface area contributed by atoms with Crippen molar-refractivity contribution in [3.8, 4) is 0 Å². The third kappa shape index (κ3) is 4.98. The van der Waals surface area contributed by atoms with Gasteiger partial charge in [0.05, 0.1) is 6.34 Å². The molecule has 0 atom stereocenters. The largest absolute Gasteiger partial charge is 0.275 e. The minimum absolute atomic E-state index is 0.690. The van der Waals surface area contributed by atoms with E-state index in [-0.39, 0.29) is 0 Å². The van der Waals surface area contributed by atoms with Crippen LogP contribution in [0.4, 0.5) is 0 Å². The standard InChI is InChI=1S/C13H27N2PS/c1-16(17,14-12-8-4-2-5-9-12)15-13-10-6-3-7-11-13/h12-13H,2-11H2,1H3,(H2,14,15,17). The SMILES string of the molecule is CP(=S)(NC1CCCCC1)NC1CCCCC1. The summed E-state index contributed by atoms with van der Waals surface area (Å²) in [5.74, 6) is 0.